The van der Waals surface area contributed by atoms with Gasteiger partial charge in [0.2, 0.25) is 0 Å². The van der Waals surface area contributed by atoms with Crippen LogP contribution in [0.25, 0.3) is 0 Å². The number of nitrogens with zero attached hydrogens (tertiary/aromatic N) is 2. The van der Waals surface area contributed by atoms with Gasteiger partial charge in [-0.15, -0.1) is 0 Å². The molecule has 0 aliphatic rings. The molecule has 1 heterocycles. The number of hydrogen-bond acceptors (Lipinski definition) is 6. The van der Waals surface area contributed by atoms with E-state index in [4.69, 9.17) is 15.6 Å². The monoisotopic (exact) mass is 240 g/mol. The number of anilines is 2. The van der Waals surface area contributed by atoms with Crippen LogP contribution in [0.2, 0.25) is 0 Å². The summed E-state index contributed by atoms with van der Waals surface area (Å²) in [5.41, 5.74) is 5.69. The Hall–Kier alpha value is -1.40. The van der Waals surface area contributed by atoms with Gasteiger partial charge in [0.15, 0.2) is 0 Å². The molecule has 0 aliphatic heterocycles. The molecule has 0 amide bonds. The summed E-state index contributed by atoms with van der Waals surface area (Å²) in [5, 5.41) is 11.6. The van der Waals surface area contributed by atoms with Crippen molar-refractivity contribution < 1.29 is 9.84 Å². The summed E-state index contributed by atoms with van der Waals surface area (Å²) in [4.78, 5) is 8.50. The zero-order valence-corrected chi connectivity index (χ0v) is 10.3. The molecule has 17 heavy (non-hydrogen) atoms. The molecule has 0 atom stereocenters. The van der Waals surface area contributed by atoms with Crippen molar-refractivity contribution in [2.75, 3.05) is 37.4 Å². The van der Waals surface area contributed by atoms with Crippen molar-refractivity contribution in [2.24, 2.45) is 0 Å². The topological polar surface area (TPSA) is 93.3 Å². The third-order valence-electron chi connectivity index (χ3n) is 2.07. The average Bonchev–Trinajstić information content (AvgIpc) is 2.28. The lowest BCUT2D eigenvalue weighted by Gasteiger charge is -2.10. The number of rotatable bonds is 7. The third-order valence-corrected chi connectivity index (χ3v) is 2.07. The number of aliphatic hydroxyl groups is 1. The van der Waals surface area contributed by atoms with Crippen molar-refractivity contribution in [3.63, 3.8) is 0 Å². The molecule has 0 fully saturated rings. The number of aliphatic hydroxyl groups excluding tert-OH is 1. The van der Waals surface area contributed by atoms with Gasteiger partial charge in [-0.2, -0.15) is 0 Å². The predicted molar refractivity (Wildman–Crippen MR) is 66.9 cm³/mol. The van der Waals surface area contributed by atoms with Crippen molar-refractivity contribution in [1.82, 2.24) is 9.97 Å². The van der Waals surface area contributed by atoms with Crippen LogP contribution in [0.1, 0.15) is 25.6 Å². The van der Waals surface area contributed by atoms with E-state index in [0.717, 1.165) is 5.82 Å². The highest BCUT2D eigenvalue weighted by Gasteiger charge is 2.05. The fourth-order valence-electron chi connectivity index (χ4n) is 1.25. The second kappa shape index (κ2) is 7.03. The van der Waals surface area contributed by atoms with Gasteiger partial charge >= 0.3 is 0 Å². The summed E-state index contributed by atoms with van der Waals surface area (Å²) in [6.07, 6.45) is 0. The van der Waals surface area contributed by atoms with Gasteiger partial charge in [0.25, 0.3) is 0 Å². The second-order valence-electron chi connectivity index (χ2n) is 3.95. The quantitative estimate of drug-likeness (QED) is 0.604. The van der Waals surface area contributed by atoms with Gasteiger partial charge in [-0.05, 0) is 0 Å². The van der Waals surface area contributed by atoms with E-state index < -0.39 is 0 Å². The molecule has 0 saturated heterocycles. The number of nitrogens with two attached hydrogens (primary N) is 1. The van der Waals surface area contributed by atoms with Gasteiger partial charge in [0, 0.05) is 18.5 Å². The van der Waals surface area contributed by atoms with Crippen molar-refractivity contribution in [2.45, 2.75) is 19.8 Å². The van der Waals surface area contributed by atoms with Gasteiger partial charge in [0.1, 0.15) is 17.5 Å². The summed E-state index contributed by atoms with van der Waals surface area (Å²) in [6, 6.07) is 1.69. The predicted octanol–water partition coefficient (Wildman–Crippen LogP) is 0.603. The molecule has 96 valence electrons. The first kappa shape index (κ1) is 13.7. The molecule has 4 N–H and O–H groups in total. The Morgan fingerprint density at radius 2 is 2.18 bits per heavy atom. The van der Waals surface area contributed by atoms with Crippen LogP contribution in [-0.2, 0) is 4.74 Å². The summed E-state index contributed by atoms with van der Waals surface area (Å²) in [6.45, 7) is 5.56. The van der Waals surface area contributed by atoms with E-state index >= 15 is 0 Å². The number of nitrogens with one attached hydrogen (secondary N) is 1. The fraction of sp³-hybridized carbons (Fsp3) is 0.636. The maximum Gasteiger partial charge on any atom is 0.135 e. The molecule has 0 spiro atoms. The third kappa shape index (κ3) is 4.97. The molecule has 0 radical (unpaired) electrons. The van der Waals surface area contributed by atoms with Crippen LogP contribution in [-0.4, -0.2) is 41.4 Å². The Bertz CT molecular complexity index is 344. The highest BCUT2D eigenvalue weighted by Crippen LogP contribution is 2.14. The molecule has 0 aromatic carbocycles. The molecular weight excluding hydrogens is 220 g/mol. The molecular formula is C11H20N4O2. The van der Waals surface area contributed by atoms with Crippen molar-refractivity contribution >= 4 is 11.6 Å². The molecule has 6 nitrogen and oxygen atoms in total. The highest BCUT2D eigenvalue weighted by molar-refractivity contribution is 5.44. The largest absolute Gasteiger partial charge is 0.394 e. The summed E-state index contributed by atoms with van der Waals surface area (Å²) in [7, 11) is 0. The average molecular weight is 240 g/mol. The molecule has 0 unspecified atom stereocenters. The van der Waals surface area contributed by atoms with Crippen LogP contribution in [0.5, 0.6) is 0 Å². The number of nitrogen functional groups attached to an aromatic ring is 1. The number of aromatic nitrogens is 2. The first-order valence-electron chi connectivity index (χ1n) is 5.70. The standard InChI is InChI=1S/C11H20N4O2/c1-8(2)11-14-9(12)7-10(15-11)13-3-5-17-6-4-16/h7-8,16H,3-6H2,1-2H3,(H3,12,13,14,15). The minimum atomic E-state index is 0.0396. The van der Waals surface area contributed by atoms with E-state index in [9.17, 15) is 0 Å². The lowest BCUT2D eigenvalue weighted by atomic mass is 10.2. The molecule has 1 rings (SSSR count). The molecule has 0 aliphatic carbocycles. The van der Waals surface area contributed by atoms with Gasteiger partial charge in [-0.25, -0.2) is 9.97 Å². The Balaban J connectivity index is 2.47. The number of hydrogen-bond donors (Lipinski definition) is 3. The SMILES string of the molecule is CC(C)c1nc(N)cc(NCCOCCO)n1. The zero-order chi connectivity index (χ0) is 12.7. The lowest BCUT2D eigenvalue weighted by Crippen LogP contribution is -2.13. The molecule has 0 saturated carbocycles. The normalized spacial score (nSPS) is 10.8. The zero-order valence-electron chi connectivity index (χ0n) is 10.3. The molecule has 1 aromatic rings. The first-order valence-corrected chi connectivity index (χ1v) is 5.70. The van der Waals surface area contributed by atoms with Gasteiger partial charge in [0.05, 0.1) is 19.8 Å². The Morgan fingerprint density at radius 3 is 2.82 bits per heavy atom. The minimum Gasteiger partial charge on any atom is -0.394 e. The van der Waals surface area contributed by atoms with Crippen molar-refractivity contribution in [3.8, 4) is 0 Å². The van der Waals surface area contributed by atoms with Crippen LogP contribution in [0.4, 0.5) is 11.6 Å². The van der Waals surface area contributed by atoms with Crippen LogP contribution >= 0.6 is 0 Å². The van der Waals surface area contributed by atoms with Crippen molar-refractivity contribution in [3.05, 3.63) is 11.9 Å². The maximum absolute atomic E-state index is 8.53. The van der Waals surface area contributed by atoms with E-state index in [0.29, 0.717) is 31.4 Å². The minimum absolute atomic E-state index is 0.0396. The van der Waals surface area contributed by atoms with Crippen molar-refractivity contribution in [1.29, 1.82) is 0 Å². The maximum atomic E-state index is 8.53. The van der Waals surface area contributed by atoms with Crippen LogP contribution in [0.3, 0.4) is 0 Å². The van der Waals surface area contributed by atoms with E-state index in [-0.39, 0.29) is 12.5 Å². The van der Waals surface area contributed by atoms with Gasteiger partial charge < -0.3 is 20.9 Å². The lowest BCUT2D eigenvalue weighted by molar-refractivity contribution is 0.0992. The van der Waals surface area contributed by atoms with Crippen LogP contribution in [0, 0.1) is 0 Å². The molecule has 1 aromatic heterocycles. The summed E-state index contributed by atoms with van der Waals surface area (Å²) in [5.74, 6) is 2.13. The Morgan fingerprint density at radius 1 is 1.41 bits per heavy atom. The fourth-order valence-corrected chi connectivity index (χ4v) is 1.25. The second-order valence-corrected chi connectivity index (χ2v) is 3.95. The highest BCUT2D eigenvalue weighted by atomic mass is 16.5. The molecule has 6 heteroatoms. The van der Waals surface area contributed by atoms with Crippen LogP contribution in [0.15, 0.2) is 6.07 Å². The summed E-state index contributed by atoms with van der Waals surface area (Å²) < 4.78 is 5.13. The first-order chi connectivity index (χ1) is 8.13. The van der Waals surface area contributed by atoms with E-state index in [2.05, 4.69) is 15.3 Å². The molecule has 0 bridgehead atoms. The van der Waals surface area contributed by atoms with E-state index in [1.807, 2.05) is 13.8 Å². The number of ether oxygens (including phenoxy) is 1. The Kier molecular flexibility index (Phi) is 5.65. The van der Waals surface area contributed by atoms with Gasteiger partial charge in [-0.1, -0.05) is 13.8 Å². The Labute approximate surface area is 101 Å². The smallest absolute Gasteiger partial charge is 0.135 e. The summed E-state index contributed by atoms with van der Waals surface area (Å²) >= 11 is 0. The van der Waals surface area contributed by atoms with E-state index in [1.54, 1.807) is 6.07 Å². The van der Waals surface area contributed by atoms with Crippen LogP contribution < -0.4 is 11.1 Å². The van der Waals surface area contributed by atoms with Gasteiger partial charge in [-0.3, -0.25) is 0 Å². The van der Waals surface area contributed by atoms with E-state index in [1.165, 1.54) is 0 Å².